The first-order valence-corrected chi connectivity index (χ1v) is 10.1. The number of nitrogens with zero attached hydrogens (tertiary/aromatic N) is 2. The van der Waals surface area contributed by atoms with E-state index in [1.54, 1.807) is 0 Å². The van der Waals surface area contributed by atoms with Crippen molar-refractivity contribution < 1.29 is 9.90 Å². The minimum atomic E-state index is -0.263. The van der Waals surface area contributed by atoms with E-state index in [1.165, 1.54) is 0 Å². The number of aryl methyl sites for hydroxylation is 1. The van der Waals surface area contributed by atoms with Crippen LogP contribution in [0.25, 0.3) is 10.9 Å². The van der Waals surface area contributed by atoms with E-state index < -0.39 is 0 Å². The highest BCUT2D eigenvalue weighted by Crippen LogP contribution is 2.25. The highest BCUT2D eigenvalue weighted by Gasteiger charge is 2.27. The molecule has 1 fully saturated rings. The molecule has 2 unspecified atom stereocenters. The van der Waals surface area contributed by atoms with Gasteiger partial charge in [-0.3, -0.25) is 9.69 Å². The van der Waals surface area contributed by atoms with Crippen LogP contribution in [0.15, 0.2) is 24.3 Å². The lowest BCUT2D eigenvalue weighted by Crippen LogP contribution is -2.43. The predicted octanol–water partition coefficient (Wildman–Crippen LogP) is 3.07. The Morgan fingerprint density at radius 2 is 1.96 bits per heavy atom. The topological polar surface area (TPSA) is 59.6 Å². The molecule has 2 N–H and O–H groups in total. The van der Waals surface area contributed by atoms with Gasteiger partial charge in [0.15, 0.2) is 5.78 Å². The lowest BCUT2D eigenvalue weighted by Gasteiger charge is -2.35. The summed E-state index contributed by atoms with van der Waals surface area (Å²) in [6, 6.07) is 7.89. The number of ketones is 1. The van der Waals surface area contributed by atoms with Gasteiger partial charge in [0.05, 0.1) is 12.1 Å². The van der Waals surface area contributed by atoms with Crippen molar-refractivity contribution in [2.75, 3.05) is 33.2 Å². The molecule has 27 heavy (non-hydrogen) atoms. The molecule has 148 valence electrons. The van der Waals surface area contributed by atoms with E-state index in [1.807, 2.05) is 45.0 Å². The van der Waals surface area contributed by atoms with Gasteiger partial charge in [-0.25, -0.2) is 0 Å². The number of aromatic nitrogens is 1. The van der Waals surface area contributed by atoms with Crippen LogP contribution in [-0.4, -0.2) is 71.0 Å². The summed E-state index contributed by atoms with van der Waals surface area (Å²) in [6.45, 7) is 9.62. The van der Waals surface area contributed by atoms with Crippen molar-refractivity contribution in [2.24, 2.45) is 5.92 Å². The number of nitrogens with one attached hydrogen (secondary N) is 1. The van der Waals surface area contributed by atoms with E-state index in [2.05, 4.69) is 21.8 Å². The largest absolute Gasteiger partial charge is 0.392 e. The third-order valence-electron chi connectivity index (χ3n) is 5.96. The molecule has 5 nitrogen and oxygen atoms in total. The van der Waals surface area contributed by atoms with Crippen molar-refractivity contribution in [3.05, 3.63) is 35.5 Å². The first kappa shape index (κ1) is 20.1. The molecule has 2 aromatic rings. The summed E-state index contributed by atoms with van der Waals surface area (Å²) in [5.41, 5.74) is 2.81. The maximum Gasteiger partial charge on any atom is 0.182 e. The maximum absolute atomic E-state index is 13.2. The number of para-hydroxylation sites is 1. The first-order valence-electron chi connectivity index (χ1n) is 10.1. The Kier molecular flexibility index (Phi) is 6.35. The number of Topliss-reactive ketones (excluding diaryl/α,β-unsaturated/α-hetero) is 1. The smallest absolute Gasteiger partial charge is 0.182 e. The van der Waals surface area contributed by atoms with Gasteiger partial charge in [0.25, 0.3) is 0 Å². The molecule has 3 rings (SSSR count). The number of β-amino-alcohol motifs (C(OH)–C–C–N with tert-alkyl or cyclic N) is 1. The van der Waals surface area contributed by atoms with E-state index in [-0.39, 0.29) is 17.9 Å². The van der Waals surface area contributed by atoms with E-state index in [9.17, 15) is 9.90 Å². The number of aromatic amines is 1. The predicted molar refractivity (Wildman–Crippen MR) is 110 cm³/mol. The van der Waals surface area contributed by atoms with Crippen LogP contribution in [-0.2, 0) is 0 Å². The first-order chi connectivity index (χ1) is 12.9. The van der Waals surface area contributed by atoms with Crippen molar-refractivity contribution in [1.29, 1.82) is 0 Å². The summed E-state index contributed by atoms with van der Waals surface area (Å²) in [5, 5.41) is 10.6. The van der Waals surface area contributed by atoms with Crippen LogP contribution >= 0.6 is 0 Å². The molecular weight excluding hydrogens is 338 g/mol. The van der Waals surface area contributed by atoms with Crippen molar-refractivity contribution in [3.8, 4) is 0 Å². The summed E-state index contributed by atoms with van der Waals surface area (Å²) in [7, 11) is 2.06. The average Bonchev–Trinajstić information content (AvgIpc) is 2.97. The van der Waals surface area contributed by atoms with Crippen molar-refractivity contribution in [1.82, 2.24) is 14.8 Å². The van der Waals surface area contributed by atoms with E-state index in [4.69, 9.17) is 0 Å². The third kappa shape index (κ3) is 4.60. The summed E-state index contributed by atoms with van der Waals surface area (Å²) < 4.78 is 0. The van der Waals surface area contributed by atoms with Gasteiger partial charge in [0, 0.05) is 35.2 Å². The van der Waals surface area contributed by atoms with Gasteiger partial charge in [-0.2, -0.15) is 0 Å². The Bertz CT molecular complexity index is 775. The maximum atomic E-state index is 13.2. The lowest BCUT2D eigenvalue weighted by atomic mass is 9.94. The monoisotopic (exact) mass is 371 g/mol. The van der Waals surface area contributed by atoms with Crippen LogP contribution in [0.4, 0.5) is 0 Å². The second-order valence-electron chi connectivity index (χ2n) is 8.24. The Morgan fingerprint density at radius 1 is 1.30 bits per heavy atom. The number of rotatable bonds is 7. The molecular formula is C22H33N3O2. The van der Waals surface area contributed by atoms with Crippen LogP contribution < -0.4 is 0 Å². The normalized spacial score (nSPS) is 18.9. The Balaban J connectivity index is 1.61. The second kappa shape index (κ2) is 8.55. The highest BCUT2D eigenvalue weighted by molar-refractivity contribution is 6.11. The fourth-order valence-electron chi connectivity index (χ4n) is 4.29. The number of hydrogen-bond acceptors (Lipinski definition) is 4. The second-order valence-corrected chi connectivity index (χ2v) is 8.24. The minimum absolute atomic E-state index is 0.140. The number of carbonyl (C=O) groups excluding carboxylic acids is 1. The number of fused-ring (bicyclic) bond motifs is 1. The number of aliphatic hydroxyl groups excluding tert-OH is 1. The van der Waals surface area contributed by atoms with Crippen molar-refractivity contribution >= 4 is 16.7 Å². The zero-order chi connectivity index (χ0) is 19.6. The molecule has 0 radical (unpaired) electrons. The summed E-state index contributed by atoms with van der Waals surface area (Å²) >= 11 is 0. The fraction of sp³-hybridized carbons (Fsp3) is 0.591. The Labute approximate surface area is 162 Å². The Morgan fingerprint density at radius 3 is 2.63 bits per heavy atom. The van der Waals surface area contributed by atoms with Crippen LogP contribution in [0.2, 0.25) is 0 Å². The van der Waals surface area contributed by atoms with E-state index in [0.29, 0.717) is 5.92 Å². The van der Waals surface area contributed by atoms with Crippen molar-refractivity contribution in [3.63, 3.8) is 0 Å². The van der Waals surface area contributed by atoms with Gasteiger partial charge in [-0.15, -0.1) is 0 Å². The third-order valence-corrected chi connectivity index (χ3v) is 5.96. The number of H-pyrrole nitrogens is 1. The van der Waals surface area contributed by atoms with Crippen molar-refractivity contribution in [2.45, 2.75) is 45.8 Å². The quantitative estimate of drug-likeness (QED) is 0.735. The SMILES string of the molecule is Cc1[nH]c2ccccc2c1C(=O)C(C)N(C)CC1CCN(CC(C)O)CC1. The summed E-state index contributed by atoms with van der Waals surface area (Å²) in [5.74, 6) is 0.804. The number of hydrogen-bond donors (Lipinski definition) is 2. The molecule has 1 aliphatic heterocycles. The molecule has 1 saturated heterocycles. The zero-order valence-electron chi connectivity index (χ0n) is 17.0. The van der Waals surface area contributed by atoms with E-state index in [0.717, 1.165) is 61.2 Å². The average molecular weight is 372 g/mol. The number of piperidine rings is 1. The highest BCUT2D eigenvalue weighted by atomic mass is 16.3. The molecule has 0 amide bonds. The summed E-state index contributed by atoms with van der Waals surface area (Å²) in [6.07, 6.45) is 2.00. The molecule has 5 heteroatoms. The molecule has 0 bridgehead atoms. The van der Waals surface area contributed by atoms with Gasteiger partial charge >= 0.3 is 0 Å². The number of carbonyl (C=O) groups is 1. The van der Waals surface area contributed by atoms with Crippen LogP contribution in [0.5, 0.6) is 0 Å². The number of aliphatic hydroxyl groups is 1. The molecule has 1 aromatic heterocycles. The van der Waals surface area contributed by atoms with Gasteiger partial charge in [0.1, 0.15) is 0 Å². The molecule has 1 aliphatic rings. The molecule has 0 spiro atoms. The zero-order valence-corrected chi connectivity index (χ0v) is 17.0. The number of likely N-dealkylation sites (N-methyl/N-ethyl adjacent to an activating group) is 1. The molecule has 2 heterocycles. The molecule has 1 aromatic carbocycles. The number of benzene rings is 1. The van der Waals surface area contributed by atoms with Gasteiger partial charge in [0.2, 0.25) is 0 Å². The van der Waals surface area contributed by atoms with Crippen LogP contribution in [0.3, 0.4) is 0 Å². The van der Waals surface area contributed by atoms with Gasteiger partial charge < -0.3 is 15.0 Å². The Hall–Kier alpha value is -1.69. The number of likely N-dealkylation sites (tertiary alicyclic amines) is 1. The lowest BCUT2D eigenvalue weighted by molar-refractivity contribution is 0.0761. The summed E-state index contributed by atoms with van der Waals surface area (Å²) in [4.78, 5) is 21.1. The van der Waals surface area contributed by atoms with Gasteiger partial charge in [-0.05, 0) is 65.7 Å². The molecule has 0 saturated carbocycles. The molecule has 2 atom stereocenters. The molecule has 0 aliphatic carbocycles. The standard InChI is InChI=1S/C22H33N3O2/c1-15(26)13-25-11-9-18(10-12-25)14-24(4)17(3)22(27)21-16(2)23-20-8-6-5-7-19(20)21/h5-8,15,17-18,23,26H,9-14H2,1-4H3. The van der Waals surface area contributed by atoms with E-state index >= 15 is 0 Å². The minimum Gasteiger partial charge on any atom is -0.392 e. The fourth-order valence-corrected chi connectivity index (χ4v) is 4.29. The van der Waals surface area contributed by atoms with Gasteiger partial charge in [-0.1, -0.05) is 18.2 Å². The van der Waals surface area contributed by atoms with Crippen LogP contribution in [0.1, 0.15) is 42.7 Å². The van der Waals surface area contributed by atoms with Crippen LogP contribution in [0, 0.1) is 12.8 Å².